The Morgan fingerprint density at radius 2 is 2.35 bits per heavy atom. The van der Waals surface area contributed by atoms with Gasteiger partial charge >= 0.3 is 0 Å². The molecule has 1 unspecified atom stereocenters. The van der Waals surface area contributed by atoms with Crippen LogP contribution < -0.4 is 14.8 Å². The van der Waals surface area contributed by atoms with E-state index in [-0.39, 0.29) is 12.7 Å². The van der Waals surface area contributed by atoms with E-state index in [1.807, 2.05) is 18.2 Å². The highest BCUT2D eigenvalue weighted by molar-refractivity contribution is 5.80. The van der Waals surface area contributed by atoms with Crippen molar-refractivity contribution < 1.29 is 19.0 Å². The molecule has 1 aliphatic rings. The molecule has 0 fully saturated rings. The molecule has 17 heavy (non-hydrogen) atoms. The first-order valence-electron chi connectivity index (χ1n) is 5.40. The first-order valence-corrected chi connectivity index (χ1v) is 5.40. The molecule has 0 radical (unpaired) electrons. The van der Waals surface area contributed by atoms with Gasteiger partial charge in [0.15, 0.2) is 11.5 Å². The average Bonchev–Trinajstić information content (AvgIpc) is 2.83. The summed E-state index contributed by atoms with van der Waals surface area (Å²) in [5.74, 6) is 1.28. The lowest BCUT2D eigenvalue weighted by Gasteiger charge is -2.11. The van der Waals surface area contributed by atoms with Crippen LogP contribution in [0.25, 0.3) is 0 Å². The summed E-state index contributed by atoms with van der Waals surface area (Å²) < 4.78 is 15.5. The largest absolute Gasteiger partial charge is 0.454 e. The number of carbonyl (C=O) groups is 1. The molecular weight excluding hydrogens is 222 g/mol. The van der Waals surface area contributed by atoms with Gasteiger partial charge in [-0.15, -0.1) is 0 Å². The zero-order chi connectivity index (χ0) is 12.3. The summed E-state index contributed by atoms with van der Waals surface area (Å²) >= 11 is 0. The average molecular weight is 237 g/mol. The van der Waals surface area contributed by atoms with Gasteiger partial charge in [-0.2, -0.15) is 0 Å². The standard InChI is InChI=1S/C12H15NO4/c1-8(15-2)12(14)13-6-9-4-3-5-10-11(9)17-7-16-10/h3-5,8H,6-7H2,1-2H3,(H,13,14). The second kappa shape index (κ2) is 5.05. The summed E-state index contributed by atoms with van der Waals surface area (Å²) in [7, 11) is 1.50. The number of hydrogen-bond donors (Lipinski definition) is 1. The van der Waals surface area contributed by atoms with Crippen LogP contribution in [0, 0.1) is 0 Å². The molecule has 0 aliphatic carbocycles. The lowest BCUT2D eigenvalue weighted by molar-refractivity contribution is -0.130. The summed E-state index contributed by atoms with van der Waals surface area (Å²) in [6.45, 7) is 2.33. The Hall–Kier alpha value is -1.75. The molecule has 1 N–H and O–H groups in total. The van der Waals surface area contributed by atoms with E-state index in [0.29, 0.717) is 12.3 Å². The fourth-order valence-corrected chi connectivity index (χ4v) is 1.56. The van der Waals surface area contributed by atoms with Gasteiger partial charge in [-0.3, -0.25) is 4.79 Å². The second-order valence-electron chi connectivity index (χ2n) is 3.75. The molecule has 2 rings (SSSR count). The molecule has 1 aromatic carbocycles. The molecule has 5 nitrogen and oxygen atoms in total. The molecule has 1 aromatic rings. The molecular formula is C12H15NO4. The van der Waals surface area contributed by atoms with Gasteiger partial charge in [-0.1, -0.05) is 12.1 Å². The Morgan fingerprint density at radius 3 is 3.12 bits per heavy atom. The van der Waals surface area contributed by atoms with E-state index in [9.17, 15) is 4.79 Å². The highest BCUT2D eigenvalue weighted by Crippen LogP contribution is 2.35. The summed E-state index contributed by atoms with van der Waals surface area (Å²) in [5, 5.41) is 2.78. The number of nitrogens with one attached hydrogen (secondary N) is 1. The Kier molecular flexibility index (Phi) is 3.49. The number of amides is 1. The second-order valence-corrected chi connectivity index (χ2v) is 3.75. The van der Waals surface area contributed by atoms with E-state index in [1.165, 1.54) is 7.11 Å². The maximum atomic E-state index is 11.5. The number of benzene rings is 1. The lowest BCUT2D eigenvalue weighted by Crippen LogP contribution is -2.33. The SMILES string of the molecule is COC(C)C(=O)NCc1cccc2c1OCO2. The fourth-order valence-electron chi connectivity index (χ4n) is 1.56. The van der Waals surface area contributed by atoms with Crippen molar-refractivity contribution in [2.24, 2.45) is 0 Å². The van der Waals surface area contributed by atoms with Crippen LogP contribution in [-0.4, -0.2) is 25.9 Å². The van der Waals surface area contributed by atoms with Gasteiger partial charge in [0.1, 0.15) is 6.10 Å². The van der Waals surface area contributed by atoms with Gasteiger partial charge < -0.3 is 19.5 Å². The lowest BCUT2D eigenvalue weighted by atomic mass is 10.2. The number of hydrogen-bond acceptors (Lipinski definition) is 4. The van der Waals surface area contributed by atoms with Crippen LogP contribution in [0.15, 0.2) is 18.2 Å². The highest BCUT2D eigenvalue weighted by Gasteiger charge is 2.18. The first-order chi connectivity index (χ1) is 8.22. The number of methoxy groups -OCH3 is 1. The summed E-state index contributed by atoms with van der Waals surface area (Å²) in [4.78, 5) is 11.5. The van der Waals surface area contributed by atoms with Crippen LogP contribution in [0.2, 0.25) is 0 Å². The third-order valence-corrected chi connectivity index (χ3v) is 2.65. The number of rotatable bonds is 4. The smallest absolute Gasteiger partial charge is 0.249 e. The van der Waals surface area contributed by atoms with E-state index in [1.54, 1.807) is 6.92 Å². The molecule has 92 valence electrons. The van der Waals surface area contributed by atoms with Crippen LogP contribution >= 0.6 is 0 Å². The van der Waals surface area contributed by atoms with Gasteiger partial charge in [0.25, 0.3) is 0 Å². The van der Waals surface area contributed by atoms with Crippen molar-refractivity contribution >= 4 is 5.91 Å². The van der Waals surface area contributed by atoms with Gasteiger partial charge in [0, 0.05) is 19.2 Å². The maximum Gasteiger partial charge on any atom is 0.249 e. The first kappa shape index (κ1) is 11.7. The summed E-state index contributed by atoms with van der Waals surface area (Å²) in [6.07, 6.45) is -0.455. The summed E-state index contributed by atoms with van der Waals surface area (Å²) in [6, 6.07) is 5.60. The molecule has 0 saturated heterocycles. The molecule has 1 atom stereocenters. The quantitative estimate of drug-likeness (QED) is 0.851. The van der Waals surface area contributed by atoms with Crippen molar-refractivity contribution in [2.75, 3.05) is 13.9 Å². The molecule has 0 aromatic heterocycles. The van der Waals surface area contributed by atoms with E-state index >= 15 is 0 Å². The minimum Gasteiger partial charge on any atom is -0.454 e. The third kappa shape index (κ3) is 2.50. The van der Waals surface area contributed by atoms with Crippen LogP contribution in [0.1, 0.15) is 12.5 Å². The topological polar surface area (TPSA) is 56.8 Å². The fraction of sp³-hybridized carbons (Fsp3) is 0.417. The molecule has 5 heteroatoms. The highest BCUT2D eigenvalue weighted by atomic mass is 16.7. The third-order valence-electron chi connectivity index (χ3n) is 2.65. The van der Waals surface area contributed by atoms with Crippen LogP contribution in [0.5, 0.6) is 11.5 Å². The van der Waals surface area contributed by atoms with Crippen molar-refractivity contribution in [3.8, 4) is 11.5 Å². The van der Waals surface area contributed by atoms with Gasteiger partial charge in [-0.25, -0.2) is 0 Å². The number of para-hydroxylation sites is 1. The predicted molar refractivity (Wildman–Crippen MR) is 60.9 cm³/mol. The Bertz CT molecular complexity index is 419. The van der Waals surface area contributed by atoms with Crippen molar-refractivity contribution in [2.45, 2.75) is 19.6 Å². The van der Waals surface area contributed by atoms with E-state index in [0.717, 1.165) is 11.3 Å². The minimum atomic E-state index is -0.455. The Morgan fingerprint density at radius 1 is 1.53 bits per heavy atom. The van der Waals surface area contributed by atoms with Gasteiger partial charge in [0.2, 0.25) is 12.7 Å². The van der Waals surface area contributed by atoms with Crippen molar-refractivity contribution in [3.63, 3.8) is 0 Å². The molecule has 1 aliphatic heterocycles. The summed E-state index contributed by atoms with van der Waals surface area (Å²) in [5.41, 5.74) is 0.900. The van der Waals surface area contributed by atoms with Crippen molar-refractivity contribution in [3.05, 3.63) is 23.8 Å². The van der Waals surface area contributed by atoms with Crippen molar-refractivity contribution in [1.29, 1.82) is 0 Å². The minimum absolute atomic E-state index is 0.149. The van der Waals surface area contributed by atoms with Gasteiger partial charge in [0.05, 0.1) is 0 Å². The van der Waals surface area contributed by atoms with E-state index in [2.05, 4.69) is 5.32 Å². The normalized spacial score (nSPS) is 14.5. The number of ether oxygens (including phenoxy) is 3. The monoisotopic (exact) mass is 237 g/mol. The van der Waals surface area contributed by atoms with Crippen LogP contribution in [0.4, 0.5) is 0 Å². The van der Waals surface area contributed by atoms with Crippen LogP contribution in [-0.2, 0) is 16.1 Å². The van der Waals surface area contributed by atoms with E-state index < -0.39 is 6.10 Å². The molecule has 0 spiro atoms. The molecule has 1 heterocycles. The molecule has 0 saturated carbocycles. The maximum absolute atomic E-state index is 11.5. The zero-order valence-electron chi connectivity index (χ0n) is 9.86. The molecule has 0 bridgehead atoms. The van der Waals surface area contributed by atoms with Gasteiger partial charge in [-0.05, 0) is 13.0 Å². The molecule has 1 amide bonds. The van der Waals surface area contributed by atoms with Crippen LogP contribution in [0.3, 0.4) is 0 Å². The van der Waals surface area contributed by atoms with E-state index in [4.69, 9.17) is 14.2 Å². The number of fused-ring (bicyclic) bond motifs is 1. The Labute approximate surface area is 99.7 Å². The number of carbonyl (C=O) groups excluding carboxylic acids is 1. The Balaban J connectivity index is 2.00. The zero-order valence-corrected chi connectivity index (χ0v) is 9.86. The predicted octanol–water partition coefficient (Wildman–Crippen LogP) is 1.07. The van der Waals surface area contributed by atoms with Crippen molar-refractivity contribution in [1.82, 2.24) is 5.32 Å².